The highest BCUT2D eigenvalue weighted by atomic mass is 32.2. The molecule has 0 aromatic heterocycles. The highest BCUT2D eigenvalue weighted by molar-refractivity contribution is 7.89. The number of hydrogen-bond acceptors (Lipinski definition) is 5. The van der Waals surface area contributed by atoms with Gasteiger partial charge in [-0.15, -0.1) is 6.58 Å². The lowest BCUT2D eigenvalue weighted by Gasteiger charge is -2.08. The molecular weight excluding hydrogens is 344 g/mol. The topological polar surface area (TPSA) is 102 Å². The van der Waals surface area contributed by atoms with Crippen LogP contribution in [0, 0.1) is 0 Å². The van der Waals surface area contributed by atoms with E-state index in [2.05, 4.69) is 16.6 Å². The number of fused-ring (bicyclic) bond motifs is 1. The lowest BCUT2D eigenvalue weighted by atomic mass is 10.1. The van der Waals surface area contributed by atoms with Gasteiger partial charge < -0.3 is 10.1 Å². The zero-order valence-electron chi connectivity index (χ0n) is 13.4. The van der Waals surface area contributed by atoms with Crippen LogP contribution >= 0.6 is 0 Å². The summed E-state index contributed by atoms with van der Waals surface area (Å²) >= 11 is 0. The fourth-order valence-electron chi connectivity index (χ4n) is 2.01. The molecule has 2 rings (SSSR count). The first-order valence-corrected chi connectivity index (χ1v) is 8.92. The number of benzene rings is 2. The number of hydrogen-bond donors (Lipinski definition) is 2. The van der Waals surface area contributed by atoms with Crippen molar-refractivity contribution in [3.8, 4) is 0 Å². The van der Waals surface area contributed by atoms with Crippen LogP contribution in [0.15, 0.2) is 60.0 Å². The third kappa shape index (κ3) is 5.40. The summed E-state index contributed by atoms with van der Waals surface area (Å²) in [6.07, 6.45) is 1.48. The summed E-state index contributed by atoms with van der Waals surface area (Å²) in [5.41, 5.74) is 0. The van der Waals surface area contributed by atoms with E-state index in [1.54, 1.807) is 18.2 Å². The van der Waals surface area contributed by atoms with Crippen molar-refractivity contribution in [1.82, 2.24) is 10.0 Å². The molecule has 0 unspecified atom stereocenters. The van der Waals surface area contributed by atoms with Gasteiger partial charge in [0.25, 0.3) is 5.91 Å². The predicted octanol–water partition coefficient (Wildman–Crippen LogP) is 0.964. The minimum absolute atomic E-state index is 0.0442. The second-order valence-corrected chi connectivity index (χ2v) is 6.85. The molecule has 0 atom stereocenters. The van der Waals surface area contributed by atoms with Crippen molar-refractivity contribution >= 4 is 32.7 Å². The maximum atomic E-state index is 12.3. The lowest BCUT2D eigenvalue weighted by Crippen LogP contribution is -2.34. The SMILES string of the molecule is C=CCNC(=O)COC(=O)CNS(=O)(=O)c1ccc2ccccc2c1. The molecule has 0 saturated heterocycles. The quantitative estimate of drug-likeness (QED) is 0.538. The molecule has 8 heteroatoms. The molecule has 2 aromatic carbocycles. The van der Waals surface area contributed by atoms with Gasteiger partial charge in [-0.1, -0.05) is 36.4 Å². The van der Waals surface area contributed by atoms with E-state index >= 15 is 0 Å². The Morgan fingerprint density at radius 3 is 2.56 bits per heavy atom. The maximum absolute atomic E-state index is 12.3. The lowest BCUT2D eigenvalue weighted by molar-refractivity contribution is -0.147. The molecule has 25 heavy (non-hydrogen) atoms. The van der Waals surface area contributed by atoms with E-state index in [4.69, 9.17) is 4.74 Å². The number of carbonyl (C=O) groups excluding carboxylic acids is 2. The maximum Gasteiger partial charge on any atom is 0.321 e. The Morgan fingerprint density at radius 2 is 1.84 bits per heavy atom. The summed E-state index contributed by atoms with van der Waals surface area (Å²) in [5, 5.41) is 4.11. The summed E-state index contributed by atoms with van der Waals surface area (Å²) < 4.78 is 31.3. The minimum Gasteiger partial charge on any atom is -0.455 e. The van der Waals surface area contributed by atoms with Crippen LogP contribution in [0.5, 0.6) is 0 Å². The van der Waals surface area contributed by atoms with Gasteiger partial charge in [0.1, 0.15) is 6.54 Å². The van der Waals surface area contributed by atoms with Gasteiger partial charge in [0.15, 0.2) is 6.61 Å². The number of sulfonamides is 1. The largest absolute Gasteiger partial charge is 0.455 e. The Kier molecular flexibility index (Phi) is 6.26. The molecule has 2 N–H and O–H groups in total. The van der Waals surface area contributed by atoms with E-state index in [9.17, 15) is 18.0 Å². The summed E-state index contributed by atoms with van der Waals surface area (Å²) in [6.45, 7) is 2.64. The molecule has 0 aliphatic carbocycles. The van der Waals surface area contributed by atoms with Gasteiger partial charge in [-0.25, -0.2) is 8.42 Å². The molecule has 0 saturated carbocycles. The van der Waals surface area contributed by atoms with E-state index < -0.39 is 35.1 Å². The molecule has 132 valence electrons. The van der Waals surface area contributed by atoms with Crippen LogP contribution in [0.1, 0.15) is 0 Å². The van der Waals surface area contributed by atoms with E-state index in [0.717, 1.165) is 10.8 Å². The predicted molar refractivity (Wildman–Crippen MR) is 93.3 cm³/mol. The van der Waals surface area contributed by atoms with Crippen molar-refractivity contribution in [3.63, 3.8) is 0 Å². The number of nitrogens with one attached hydrogen (secondary N) is 2. The Hall–Kier alpha value is -2.71. The molecule has 2 aromatic rings. The molecule has 7 nitrogen and oxygen atoms in total. The number of amides is 1. The van der Waals surface area contributed by atoms with Gasteiger partial charge in [-0.3, -0.25) is 9.59 Å². The van der Waals surface area contributed by atoms with Gasteiger partial charge in [0.2, 0.25) is 10.0 Å². The smallest absolute Gasteiger partial charge is 0.321 e. The number of esters is 1. The van der Waals surface area contributed by atoms with Crippen LogP contribution < -0.4 is 10.0 Å². The zero-order valence-corrected chi connectivity index (χ0v) is 14.2. The first-order chi connectivity index (χ1) is 11.9. The molecule has 0 aliphatic rings. The average molecular weight is 362 g/mol. The van der Waals surface area contributed by atoms with Crippen LogP contribution in [0.25, 0.3) is 10.8 Å². The fourth-order valence-corrected chi connectivity index (χ4v) is 3.01. The van der Waals surface area contributed by atoms with Gasteiger partial charge in [0.05, 0.1) is 4.90 Å². The van der Waals surface area contributed by atoms with E-state index in [1.807, 2.05) is 12.1 Å². The standard InChI is InChI=1S/C17H18N2O5S/c1-2-9-18-16(20)12-24-17(21)11-19-25(22,23)15-8-7-13-5-3-4-6-14(13)10-15/h2-8,10,19H,1,9,11-12H2,(H,18,20). The second kappa shape index (κ2) is 8.41. The first-order valence-electron chi connectivity index (χ1n) is 7.44. The molecular formula is C17H18N2O5S. The van der Waals surface area contributed by atoms with Gasteiger partial charge >= 0.3 is 5.97 Å². The number of carbonyl (C=O) groups is 2. The molecule has 0 spiro atoms. The highest BCUT2D eigenvalue weighted by Gasteiger charge is 2.17. The van der Waals surface area contributed by atoms with Crippen molar-refractivity contribution in [2.75, 3.05) is 19.7 Å². The molecule has 0 aliphatic heterocycles. The third-order valence-corrected chi connectivity index (χ3v) is 4.64. The Morgan fingerprint density at radius 1 is 1.12 bits per heavy atom. The molecule has 0 bridgehead atoms. The highest BCUT2D eigenvalue weighted by Crippen LogP contribution is 2.18. The van der Waals surface area contributed by atoms with Crippen molar-refractivity contribution in [2.45, 2.75) is 4.90 Å². The molecule has 0 heterocycles. The summed E-state index contributed by atoms with van der Waals surface area (Å²) in [7, 11) is -3.86. The van der Waals surface area contributed by atoms with Gasteiger partial charge in [-0.2, -0.15) is 4.72 Å². The van der Waals surface area contributed by atoms with Gasteiger partial charge in [-0.05, 0) is 22.9 Å². The van der Waals surface area contributed by atoms with Gasteiger partial charge in [0, 0.05) is 6.54 Å². The Bertz CT molecular complexity index is 893. The van der Waals surface area contributed by atoms with E-state index in [0.29, 0.717) is 0 Å². The minimum atomic E-state index is -3.86. The van der Waals surface area contributed by atoms with Crippen LogP contribution in [0.2, 0.25) is 0 Å². The number of ether oxygens (including phenoxy) is 1. The van der Waals surface area contributed by atoms with Crippen molar-refractivity contribution < 1.29 is 22.7 Å². The zero-order chi connectivity index (χ0) is 18.3. The number of rotatable bonds is 8. The normalized spacial score (nSPS) is 11.0. The molecule has 0 fully saturated rings. The fraction of sp³-hybridized carbons (Fsp3) is 0.176. The summed E-state index contributed by atoms with van der Waals surface area (Å²) in [4.78, 5) is 22.9. The van der Waals surface area contributed by atoms with E-state index in [1.165, 1.54) is 18.2 Å². The second-order valence-electron chi connectivity index (χ2n) is 5.09. The summed E-state index contributed by atoms with van der Waals surface area (Å²) in [6, 6.07) is 12.0. The third-order valence-electron chi connectivity index (χ3n) is 3.25. The molecule has 0 radical (unpaired) electrons. The van der Waals surface area contributed by atoms with Crippen molar-refractivity contribution in [3.05, 3.63) is 55.1 Å². The van der Waals surface area contributed by atoms with Crippen LogP contribution in [-0.4, -0.2) is 40.0 Å². The van der Waals surface area contributed by atoms with Crippen molar-refractivity contribution in [2.24, 2.45) is 0 Å². The van der Waals surface area contributed by atoms with E-state index in [-0.39, 0.29) is 11.4 Å². The Labute approximate surface area is 145 Å². The van der Waals surface area contributed by atoms with Crippen molar-refractivity contribution in [1.29, 1.82) is 0 Å². The van der Waals surface area contributed by atoms with Crippen LogP contribution in [0.3, 0.4) is 0 Å². The summed E-state index contributed by atoms with van der Waals surface area (Å²) in [5.74, 6) is -1.34. The first kappa shape index (κ1) is 18.6. The van der Waals surface area contributed by atoms with Crippen LogP contribution in [0.4, 0.5) is 0 Å². The van der Waals surface area contributed by atoms with Crippen LogP contribution in [-0.2, 0) is 24.3 Å². The average Bonchev–Trinajstić information content (AvgIpc) is 2.62. The monoisotopic (exact) mass is 362 g/mol. The Balaban J connectivity index is 1.92. The molecule has 1 amide bonds.